The molecule has 1 aliphatic heterocycles. The van der Waals surface area contributed by atoms with Gasteiger partial charge in [-0.05, 0) is 42.5 Å². The molecule has 1 amide bonds. The van der Waals surface area contributed by atoms with Crippen molar-refractivity contribution in [1.82, 2.24) is 14.9 Å². The van der Waals surface area contributed by atoms with Crippen molar-refractivity contribution in [2.45, 2.75) is 18.8 Å². The summed E-state index contributed by atoms with van der Waals surface area (Å²) in [6, 6.07) is 9.57. The zero-order chi connectivity index (χ0) is 17.2. The summed E-state index contributed by atoms with van der Waals surface area (Å²) in [7, 11) is 0. The highest BCUT2D eigenvalue weighted by molar-refractivity contribution is 6.30. The van der Waals surface area contributed by atoms with Gasteiger partial charge in [0.15, 0.2) is 0 Å². The van der Waals surface area contributed by atoms with Crippen LogP contribution < -0.4 is 4.90 Å². The van der Waals surface area contributed by atoms with E-state index in [0.717, 1.165) is 37.4 Å². The van der Waals surface area contributed by atoms with E-state index >= 15 is 0 Å². The minimum Gasteiger partial charge on any atom is -0.339 e. The average Bonchev–Trinajstić information content (AvgIpc) is 3.49. The number of piperazine rings is 1. The van der Waals surface area contributed by atoms with E-state index in [1.54, 1.807) is 12.4 Å². The Labute approximate surface area is 152 Å². The fourth-order valence-electron chi connectivity index (χ4n) is 3.49. The molecule has 4 rings (SSSR count). The van der Waals surface area contributed by atoms with Crippen LogP contribution in [0.5, 0.6) is 0 Å². The lowest BCUT2D eigenvalue weighted by molar-refractivity contribution is -0.133. The van der Waals surface area contributed by atoms with E-state index in [-0.39, 0.29) is 11.8 Å². The third-order valence-electron chi connectivity index (χ3n) is 5.01. The number of amides is 1. The molecule has 6 heteroatoms. The van der Waals surface area contributed by atoms with Crippen LogP contribution in [0.1, 0.15) is 24.3 Å². The van der Waals surface area contributed by atoms with Crippen LogP contribution in [0, 0.1) is 5.92 Å². The number of carbonyl (C=O) groups is 1. The number of hydrogen-bond acceptors (Lipinski definition) is 4. The summed E-state index contributed by atoms with van der Waals surface area (Å²) in [5, 5.41) is 0.710. The van der Waals surface area contributed by atoms with Crippen LogP contribution in [-0.2, 0) is 4.79 Å². The van der Waals surface area contributed by atoms with Gasteiger partial charge in [0.25, 0.3) is 0 Å². The van der Waals surface area contributed by atoms with Gasteiger partial charge >= 0.3 is 0 Å². The van der Waals surface area contributed by atoms with Crippen molar-refractivity contribution in [3.63, 3.8) is 0 Å². The van der Waals surface area contributed by atoms with Crippen molar-refractivity contribution in [1.29, 1.82) is 0 Å². The van der Waals surface area contributed by atoms with E-state index in [4.69, 9.17) is 11.6 Å². The molecule has 0 radical (unpaired) electrons. The van der Waals surface area contributed by atoms with Gasteiger partial charge in [-0.25, -0.2) is 9.97 Å². The van der Waals surface area contributed by atoms with Crippen LogP contribution in [0.4, 0.5) is 5.95 Å². The first kappa shape index (κ1) is 16.3. The SMILES string of the molecule is O=C(C(c1ccc(Cl)cc1)C1CC1)N1CCN(c2ncccn2)CC1. The van der Waals surface area contributed by atoms with Gasteiger partial charge in [-0.1, -0.05) is 23.7 Å². The molecule has 1 saturated heterocycles. The molecule has 0 N–H and O–H groups in total. The molecule has 1 saturated carbocycles. The monoisotopic (exact) mass is 356 g/mol. The number of hydrogen-bond donors (Lipinski definition) is 0. The van der Waals surface area contributed by atoms with Crippen molar-refractivity contribution in [3.05, 3.63) is 53.3 Å². The standard InChI is InChI=1S/C19H21ClN4O/c20-16-6-4-15(5-7-16)17(14-2-3-14)18(25)23-10-12-24(13-11-23)19-21-8-1-9-22-19/h1,4-9,14,17H,2-3,10-13H2. The van der Waals surface area contributed by atoms with Gasteiger partial charge < -0.3 is 9.80 Å². The topological polar surface area (TPSA) is 49.3 Å². The van der Waals surface area contributed by atoms with Crippen LogP contribution >= 0.6 is 11.6 Å². The second-order valence-electron chi connectivity index (χ2n) is 6.73. The Kier molecular flexibility index (Phi) is 4.57. The maximum Gasteiger partial charge on any atom is 0.230 e. The van der Waals surface area contributed by atoms with E-state index in [9.17, 15) is 4.79 Å². The lowest BCUT2D eigenvalue weighted by Gasteiger charge is -2.36. The highest BCUT2D eigenvalue weighted by atomic mass is 35.5. The van der Waals surface area contributed by atoms with E-state index in [1.807, 2.05) is 35.2 Å². The number of nitrogens with zero attached hydrogens (tertiary/aromatic N) is 4. The second kappa shape index (κ2) is 7.00. The van der Waals surface area contributed by atoms with Crippen molar-refractivity contribution >= 4 is 23.5 Å². The van der Waals surface area contributed by atoms with E-state index in [1.165, 1.54) is 0 Å². The van der Waals surface area contributed by atoms with Crippen molar-refractivity contribution in [3.8, 4) is 0 Å². The molecule has 2 aliphatic rings. The molecule has 2 aromatic rings. The third kappa shape index (κ3) is 3.61. The maximum absolute atomic E-state index is 13.2. The molecule has 25 heavy (non-hydrogen) atoms. The van der Waals surface area contributed by atoms with Gasteiger partial charge in [-0.3, -0.25) is 4.79 Å². The summed E-state index contributed by atoms with van der Waals surface area (Å²) in [5.74, 6) is 1.44. The molecule has 0 spiro atoms. The largest absolute Gasteiger partial charge is 0.339 e. The predicted molar refractivity (Wildman–Crippen MR) is 97.7 cm³/mol. The third-order valence-corrected chi connectivity index (χ3v) is 5.27. The first-order valence-corrected chi connectivity index (χ1v) is 9.16. The lowest BCUT2D eigenvalue weighted by Crippen LogP contribution is -2.50. The van der Waals surface area contributed by atoms with Gasteiger partial charge in [0.05, 0.1) is 5.92 Å². The molecule has 1 unspecified atom stereocenters. The number of benzene rings is 1. The van der Waals surface area contributed by atoms with Crippen LogP contribution in [-0.4, -0.2) is 47.0 Å². The summed E-state index contributed by atoms with van der Waals surface area (Å²) in [4.78, 5) is 25.9. The van der Waals surface area contributed by atoms with Crippen molar-refractivity contribution in [2.75, 3.05) is 31.1 Å². The Hall–Kier alpha value is -2.14. The van der Waals surface area contributed by atoms with Crippen LogP contribution in [0.15, 0.2) is 42.7 Å². The summed E-state index contributed by atoms with van der Waals surface area (Å²) < 4.78 is 0. The quantitative estimate of drug-likeness (QED) is 0.845. The number of aromatic nitrogens is 2. The van der Waals surface area contributed by atoms with Gasteiger partial charge in [0.2, 0.25) is 11.9 Å². The fraction of sp³-hybridized carbons (Fsp3) is 0.421. The molecule has 2 heterocycles. The Bertz CT molecular complexity index is 725. The molecule has 1 aromatic carbocycles. The second-order valence-corrected chi connectivity index (χ2v) is 7.16. The first-order valence-electron chi connectivity index (χ1n) is 8.78. The van der Waals surface area contributed by atoms with Gasteiger partial charge in [0.1, 0.15) is 0 Å². The Morgan fingerprint density at radius 1 is 1.04 bits per heavy atom. The Morgan fingerprint density at radius 2 is 1.68 bits per heavy atom. The molecule has 1 aromatic heterocycles. The Morgan fingerprint density at radius 3 is 2.28 bits per heavy atom. The maximum atomic E-state index is 13.2. The molecule has 2 fully saturated rings. The summed E-state index contributed by atoms with van der Waals surface area (Å²) in [5.41, 5.74) is 1.09. The number of carbonyl (C=O) groups excluding carboxylic acids is 1. The zero-order valence-corrected chi connectivity index (χ0v) is 14.8. The molecule has 0 bridgehead atoms. The van der Waals surface area contributed by atoms with E-state index in [2.05, 4.69) is 14.9 Å². The molecular formula is C19H21ClN4O. The average molecular weight is 357 g/mol. The fourth-order valence-corrected chi connectivity index (χ4v) is 3.62. The number of halogens is 1. The van der Waals surface area contributed by atoms with E-state index in [0.29, 0.717) is 24.0 Å². The van der Waals surface area contributed by atoms with Crippen LogP contribution in [0.3, 0.4) is 0 Å². The number of rotatable bonds is 4. The van der Waals surface area contributed by atoms with Crippen molar-refractivity contribution < 1.29 is 4.79 Å². The minimum absolute atomic E-state index is 0.0307. The minimum atomic E-state index is -0.0307. The van der Waals surface area contributed by atoms with Gasteiger partial charge in [0, 0.05) is 43.6 Å². The summed E-state index contributed by atoms with van der Waals surface area (Å²) in [6.07, 6.45) is 5.78. The summed E-state index contributed by atoms with van der Waals surface area (Å²) in [6.45, 7) is 2.98. The van der Waals surface area contributed by atoms with Crippen molar-refractivity contribution in [2.24, 2.45) is 5.92 Å². The molecular weight excluding hydrogens is 336 g/mol. The van der Waals surface area contributed by atoms with Crippen LogP contribution in [0.25, 0.3) is 0 Å². The lowest BCUT2D eigenvalue weighted by atomic mass is 9.92. The predicted octanol–water partition coefficient (Wildman–Crippen LogP) is 2.97. The highest BCUT2D eigenvalue weighted by Gasteiger charge is 2.40. The molecule has 1 atom stereocenters. The zero-order valence-electron chi connectivity index (χ0n) is 14.0. The smallest absolute Gasteiger partial charge is 0.230 e. The molecule has 130 valence electrons. The van der Waals surface area contributed by atoms with Gasteiger partial charge in [-0.15, -0.1) is 0 Å². The van der Waals surface area contributed by atoms with Crippen LogP contribution in [0.2, 0.25) is 5.02 Å². The summed E-state index contributed by atoms with van der Waals surface area (Å²) >= 11 is 6.00. The molecule has 1 aliphatic carbocycles. The number of anilines is 1. The normalized spacial score (nSPS) is 18.9. The van der Waals surface area contributed by atoms with Gasteiger partial charge in [-0.2, -0.15) is 0 Å². The Balaban J connectivity index is 1.44. The molecule has 5 nitrogen and oxygen atoms in total. The highest BCUT2D eigenvalue weighted by Crippen LogP contribution is 2.44. The van der Waals surface area contributed by atoms with E-state index < -0.39 is 0 Å². The first-order chi connectivity index (χ1) is 12.2.